The van der Waals surface area contributed by atoms with Crippen molar-refractivity contribution in [2.24, 2.45) is 0 Å². The van der Waals surface area contributed by atoms with Crippen molar-refractivity contribution in [3.05, 3.63) is 34.3 Å². The van der Waals surface area contributed by atoms with Gasteiger partial charge in [-0.2, -0.15) is 9.97 Å². The number of anilines is 3. The highest BCUT2D eigenvalue weighted by molar-refractivity contribution is 6.32. The Hall–Kier alpha value is -2.86. The summed E-state index contributed by atoms with van der Waals surface area (Å²) in [5, 5.41) is 13.3. The van der Waals surface area contributed by atoms with Crippen LogP contribution in [0.1, 0.15) is 15.9 Å². The first-order chi connectivity index (χ1) is 17.0. The molecule has 190 valence electrons. The highest BCUT2D eigenvalue weighted by Gasteiger charge is 2.30. The maximum Gasteiger partial charge on any atom is 0.345 e. The van der Waals surface area contributed by atoms with Crippen molar-refractivity contribution in [2.45, 2.75) is 12.6 Å². The molecule has 1 atom stereocenters. The first-order valence-electron chi connectivity index (χ1n) is 11.4. The Morgan fingerprint density at radius 1 is 1.20 bits per heavy atom. The number of esters is 1. The fraction of sp³-hybridized carbons (Fsp3) is 0.522. The van der Waals surface area contributed by atoms with E-state index in [-0.39, 0.29) is 18.3 Å². The van der Waals surface area contributed by atoms with Crippen LogP contribution in [0.3, 0.4) is 0 Å². The predicted molar refractivity (Wildman–Crippen MR) is 131 cm³/mol. The number of ether oxygens (including phenoxy) is 4. The van der Waals surface area contributed by atoms with Crippen molar-refractivity contribution in [1.29, 1.82) is 0 Å². The van der Waals surface area contributed by atoms with Crippen molar-refractivity contribution < 1.29 is 28.8 Å². The fourth-order valence-corrected chi connectivity index (χ4v) is 4.30. The lowest BCUT2D eigenvalue weighted by Crippen LogP contribution is -2.45. The third-order valence-corrected chi connectivity index (χ3v) is 6.18. The average Bonchev–Trinajstić information content (AvgIpc) is 2.91. The molecule has 2 aliphatic rings. The van der Waals surface area contributed by atoms with Gasteiger partial charge in [0.2, 0.25) is 5.95 Å². The minimum atomic E-state index is -0.538. The molecule has 0 amide bonds. The Balaban J connectivity index is 1.72. The number of aliphatic hydroxyl groups is 1. The number of hydrogen-bond acceptors (Lipinski definition) is 11. The summed E-state index contributed by atoms with van der Waals surface area (Å²) >= 11 is 6.29. The van der Waals surface area contributed by atoms with E-state index >= 15 is 0 Å². The smallest absolute Gasteiger partial charge is 0.345 e. The Bertz CT molecular complexity index is 1040. The first-order valence-corrected chi connectivity index (χ1v) is 11.8. The van der Waals surface area contributed by atoms with Crippen LogP contribution >= 0.6 is 11.6 Å². The molecule has 0 radical (unpaired) electrons. The molecule has 0 aliphatic carbocycles. The third-order valence-electron chi connectivity index (χ3n) is 5.88. The molecule has 1 aromatic carbocycles. The van der Waals surface area contributed by atoms with Gasteiger partial charge in [-0.05, 0) is 17.7 Å². The lowest BCUT2D eigenvalue weighted by molar-refractivity contribution is 0.00314. The summed E-state index contributed by atoms with van der Waals surface area (Å²) in [6.45, 7) is 3.90. The molecule has 11 nitrogen and oxygen atoms in total. The Labute approximate surface area is 208 Å². The SMILES string of the molecule is COC(=O)c1c(NCc2ccc(OC)c(Cl)c2)nc(N2CCOC(CO)C2)nc1N1CCOCC1. The Morgan fingerprint density at radius 3 is 2.66 bits per heavy atom. The quantitative estimate of drug-likeness (QED) is 0.507. The molecule has 2 N–H and O–H groups in total. The summed E-state index contributed by atoms with van der Waals surface area (Å²) in [7, 11) is 2.89. The van der Waals surface area contributed by atoms with Crippen LogP contribution in [0.5, 0.6) is 5.75 Å². The lowest BCUT2D eigenvalue weighted by atomic mass is 10.2. The van der Waals surface area contributed by atoms with Crippen LogP contribution < -0.4 is 19.9 Å². The maximum absolute atomic E-state index is 12.9. The number of morpholine rings is 2. The minimum absolute atomic E-state index is 0.101. The topological polar surface area (TPSA) is 119 Å². The van der Waals surface area contributed by atoms with Crippen molar-refractivity contribution in [3.63, 3.8) is 0 Å². The number of nitrogens with one attached hydrogen (secondary N) is 1. The number of carbonyl (C=O) groups excluding carboxylic acids is 1. The number of aromatic nitrogens is 2. The number of halogens is 1. The number of benzene rings is 1. The van der Waals surface area contributed by atoms with Gasteiger partial charge < -0.3 is 39.2 Å². The molecule has 35 heavy (non-hydrogen) atoms. The van der Waals surface area contributed by atoms with Gasteiger partial charge in [-0.1, -0.05) is 17.7 Å². The standard InChI is InChI=1S/C23H30ClN5O6/c1-32-18-4-3-15(11-17(18)24)12-25-20-19(22(31)33-2)21(28-5-8-34-9-6-28)27-23(26-20)29-7-10-35-16(13-29)14-30/h3-4,11,16,30H,5-10,12-14H2,1-2H3,(H,25,26,27). The first kappa shape index (κ1) is 25.2. The third kappa shape index (κ3) is 5.87. The molecule has 2 saturated heterocycles. The van der Waals surface area contributed by atoms with Gasteiger partial charge in [-0.3, -0.25) is 0 Å². The van der Waals surface area contributed by atoms with E-state index in [0.29, 0.717) is 80.9 Å². The van der Waals surface area contributed by atoms with E-state index in [0.717, 1.165) is 5.56 Å². The monoisotopic (exact) mass is 507 g/mol. The zero-order valence-electron chi connectivity index (χ0n) is 19.8. The highest BCUT2D eigenvalue weighted by Crippen LogP contribution is 2.31. The van der Waals surface area contributed by atoms with E-state index in [2.05, 4.69) is 5.32 Å². The van der Waals surface area contributed by atoms with Gasteiger partial charge in [0.15, 0.2) is 5.82 Å². The molecule has 2 aromatic rings. The number of nitrogens with zero attached hydrogens (tertiary/aromatic N) is 4. The Morgan fingerprint density at radius 2 is 1.97 bits per heavy atom. The maximum atomic E-state index is 12.9. The molecule has 1 unspecified atom stereocenters. The predicted octanol–water partition coefficient (Wildman–Crippen LogP) is 1.57. The molecule has 0 bridgehead atoms. The van der Waals surface area contributed by atoms with Gasteiger partial charge in [0.05, 0.1) is 51.8 Å². The van der Waals surface area contributed by atoms with Crippen LogP contribution in [-0.2, 0) is 20.8 Å². The summed E-state index contributed by atoms with van der Waals surface area (Å²) < 4.78 is 21.4. The van der Waals surface area contributed by atoms with E-state index in [4.69, 9.17) is 40.5 Å². The molecule has 1 aromatic heterocycles. The van der Waals surface area contributed by atoms with Crippen LogP contribution in [0.25, 0.3) is 0 Å². The van der Waals surface area contributed by atoms with Gasteiger partial charge >= 0.3 is 5.97 Å². The zero-order valence-corrected chi connectivity index (χ0v) is 20.6. The molecule has 12 heteroatoms. The van der Waals surface area contributed by atoms with Crippen molar-refractivity contribution >= 4 is 35.2 Å². The molecule has 2 fully saturated rings. The van der Waals surface area contributed by atoms with E-state index in [9.17, 15) is 9.90 Å². The highest BCUT2D eigenvalue weighted by atomic mass is 35.5. The summed E-state index contributed by atoms with van der Waals surface area (Å²) in [4.78, 5) is 26.4. The molecule has 4 rings (SSSR count). The van der Waals surface area contributed by atoms with Gasteiger partial charge in [-0.15, -0.1) is 0 Å². The molecular formula is C23H30ClN5O6. The van der Waals surface area contributed by atoms with Gasteiger partial charge in [-0.25, -0.2) is 4.79 Å². The van der Waals surface area contributed by atoms with Crippen molar-refractivity contribution in [2.75, 3.05) is 81.9 Å². The average molecular weight is 508 g/mol. The van der Waals surface area contributed by atoms with Crippen molar-refractivity contribution in [3.8, 4) is 5.75 Å². The molecule has 2 aliphatic heterocycles. The van der Waals surface area contributed by atoms with Gasteiger partial charge in [0, 0.05) is 32.7 Å². The van der Waals surface area contributed by atoms with Crippen LogP contribution in [-0.4, -0.2) is 94.0 Å². The lowest BCUT2D eigenvalue weighted by Gasteiger charge is -2.34. The summed E-state index contributed by atoms with van der Waals surface area (Å²) in [6, 6.07) is 5.46. The van der Waals surface area contributed by atoms with E-state index in [1.807, 2.05) is 15.9 Å². The molecular weight excluding hydrogens is 478 g/mol. The van der Waals surface area contributed by atoms with E-state index < -0.39 is 5.97 Å². The largest absolute Gasteiger partial charge is 0.495 e. The van der Waals surface area contributed by atoms with Gasteiger partial charge in [0.25, 0.3) is 0 Å². The van der Waals surface area contributed by atoms with Crippen LogP contribution in [0.15, 0.2) is 18.2 Å². The van der Waals surface area contributed by atoms with Crippen molar-refractivity contribution in [1.82, 2.24) is 9.97 Å². The number of aliphatic hydroxyl groups excluding tert-OH is 1. The molecule has 3 heterocycles. The summed E-state index contributed by atoms with van der Waals surface area (Å²) in [5.41, 5.74) is 1.14. The second-order valence-corrected chi connectivity index (χ2v) is 8.51. The second-order valence-electron chi connectivity index (χ2n) is 8.11. The number of hydrogen-bond donors (Lipinski definition) is 2. The zero-order chi connectivity index (χ0) is 24.8. The normalized spacial score (nSPS) is 18.3. The number of methoxy groups -OCH3 is 2. The molecule has 0 spiro atoms. The fourth-order valence-electron chi connectivity index (χ4n) is 4.02. The molecule has 0 saturated carbocycles. The van der Waals surface area contributed by atoms with Crippen LogP contribution in [0, 0.1) is 0 Å². The number of rotatable bonds is 8. The van der Waals surface area contributed by atoms with Crippen LogP contribution in [0.4, 0.5) is 17.6 Å². The Kier molecular flexibility index (Phi) is 8.45. The summed E-state index contributed by atoms with van der Waals surface area (Å²) in [6.07, 6.45) is -0.336. The summed E-state index contributed by atoms with van der Waals surface area (Å²) in [5.74, 6) is 1.31. The van der Waals surface area contributed by atoms with Crippen LogP contribution in [0.2, 0.25) is 5.02 Å². The second kappa shape index (κ2) is 11.7. The minimum Gasteiger partial charge on any atom is -0.495 e. The van der Waals surface area contributed by atoms with Gasteiger partial charge in [0.1, 0.15) is 17.1 Å². The van der Waals surface area contributed by atoms with E-state index in [1.165, 1.54) is 7.11 Å². The van der Waals surface area contributed by atoms with E-state index in [1.54, 1.807) is 19.2 Å². The number of carbonyl (C=O) groups is 1.